The number of methoxy groups -OCH3 is 1. The van der Waals surface area contributed by atoms with Crippen molar-refractivity contribution in [3.63, 3.8) is 0 Å². The molecule has 0 aliphatic heterocycles. The summed E-state index contributed by atoms with van der Waals surface area (Å²) < 4.78 is 5.22. The number of hydrogen-bond donors (Lipinski definition) is 1. The fraction of sp³-hybridized carbons (Fsp3) is 0.250. The second-order valence-corrected chi connectivity index (χ2v) is 6.96. The van der Waals surface area contributed by atoms with Crippen LogP contribution in [0.1, 0.15) is 36.4 Å². The lowest BCUT2D eigenvalue weighted by Gasteiger charge is -2.29. The van der Waals surface area contributed by atoms with Crippen molar-refractivity contribution in [1.29, 1.82) is 0 Å². The minimum atomic E-state index is -0.827. The highest BCUT2D eigenvalue weighted by molar-refractivity contribution is 5.49. The number of rotatable bonds is 9. The third-order valence-corrected chi connectivity index (χ3v) is 5.24. The van der Waals surface area contributed by atoms with Crippen molar-refractivity contribution in [2.75, 3.05) is 12.4 Å². The molecule has 3 rings (SSSR count). The van der Waals surface area contributed by atoms with Gasteiger partial charge in [0.1, 0.15) is 11.8 Å². The molecule has 3 aromatic rings. The third-order valence-electron chi connectivity index (χ3n) is 5.24. The largest absolute Gasteiger partial charge is 0.497 e. The van der Waals surface area contributed by atoms with E-state index in [2.05, 4.69) is 5.32 Å². The van der Waals surface area contributed by atoms with Crippen LogP contribution in [-0.4, -0.2) is 18.1 Å². The van der Waals surface area contributed by atoms with Crippen LogP contribution in [0.3, 0.4) is 0 Å². The van der Waals surface area contributed by atoms with E-state index in [1.54, 1.807) is 7.11 Å². The van der Waals surface area contributed by atoms with Gasteiger partial charge in [0, 0.05) is 10.6 Å². The highest BCUT2D eigenvalue weighted by Gasteiger charge is 2.40. The van der Waals surface area contributed by atoms with E-state index in [0.29, 0.717) is 6.42 Å². The summed E-state index contributed by atoms with van der Waals surface area (Å²) in [6.07, 6.45) is 0.670. The highest BCUT2D eigenvalue weighted by Crippen LogP contribution is 2.35. The van der Waals surface area contributed by atoms with E-state index in [1.807, 2.05) is 91.9 Å². The molecule has 0 radical (unpaired) electrons. The zero-order valence-electron chi connectivity index (χ0n) is 16.7. The summed E-state index contributed by atoms with van der Waals surface area (Å²) in [6.45, 7) is 2.00. The van der Waals surface area contributed by atoms with Crippen LogP contribution in [0, 0.1) is 10.1 Å². The number of nitro groups is 1. The summed E-state index contributed by atoms with van der Waals surface area (Å²) >= 11 is 0. The summed E-state index contributed by atoms with van der Waals surface area (Å²) in [4.78, 5) is 12.2. The minimum absolute atomic E-state index is 0.143. The van der Waals surface area contributed by atoms with Crippen LogP contribution in [0.2, 0.25) is 0 Å². The standard InChI is InChI=1S/C24H26N2O3/c1-3-22(18-10-6-4-7-11-18)24(26(27)28)23(19-12-8-5-9-13-19)25-20-14-16-21(29-2)17-15-20/h4-17,22-25H,3H2,1-2H3/t22-,23+,24+/m1/s1. The molecule has 0 spiro atoms. The Balaban J connectivity index is 2.02. The molecule has 3 aromatic carbocycles. The molecule has 0 saturated carbocycles. The van der Waals surface area contributed by atoms with Crippen molar-refractivity contribution in [1.82, 2.24) is 0 Å². The molecular formula is C24H26N2O3. The predicted molar refractivity (Wildman–Crippen MR) is 116 cm³/mol. The van der Waals surface area contributed by atoms with Crippen molar-refractivity contribution in [2.45, 2.75) is 31.3 Å². The number of nitrogens with zero attached hydrogens (tertiary/aromatic N) is 1. The molecule has 0 unspecified atom stereocenters. The Morgan fingerprint density at radius 1 is 0.897 bits per heavy atom. The Hall–Kier alpha value is -3.34. The average Bonchev–Trinajstić information content (AvgIpc) is 2.77. The molecule has 0 amide bonds. The maximum Gasteiger partial charge on any atom is 0.243 e. The molecule has 3 atom stereocenters. The molecule has 0 fully saturated rings. The Morgan fingerprint density at radius 2 is 1.45 bits per heavy atom. The predicted octanol–water partition coefficient (Wildman–Crippen LogP) is 5.69. The summed E-state index contributed by atoms with van der Waals surface area (Å²) in [5.74, 6) is 0.524. The molecule has 0 aromatic heterocycles. The Morgan fingerprint density at radius 3 is 1.93 bits per heavy atom. The monoisotopic (exact) mass is 390 g/mol. The van der Waals surface area contributed by atoms with E-state index in [0.717, 1.165) is 22.6 Å². The van der Waals surface area contributed by atoms with E-state index in [9.17, 15) is 10.1 Å². The first-order chi connectivity index (χ1) is 14.1. The van der Waals surface area contributed by atoms with Crippen molar-refractivity contribution in [3.8, 4) is 5.75 Å². The molecule has 0 saturated heterocycles. The lowest BCUT2D eigenvalue weighted by atomic mass is 9.83. The Labute approximate surface area is 171 Å². The number of ether oxygens (including phenoxy) is 1. The molecule has 5 nitrogen and oxygen atoms in total. The molecule has 150 valence electrons. The van der Waals surface area contributed by atoms with Crippen LogP contribution in [0.4, 0.5) is 5.69 Å². The molecule has 0 aliphatic carbocycles. The van der Waals surface area contributed by atoms with Gasteiger partial charge < -0.3 is 10.1 Å². The van der Waals surface area contributed by atoms with Gasteiger partial charge in [-0.3, -0.25) is 10.1 Å². The van der Waals surface area contributed by atoms with Crippen molar-refractivity contribution < 1.29 is 9.66 Å². The highest BCUT2D eigenvalue weighted by atomic mass is 16.6. The van der Waals surface area contributed by atoms with Crippen LogP contribution in [0.15, 0.2) is 84.9 Å². The SMILES string of the molecule is CC[C@H](c1ccccc1)[C@@H]([C@@H](Nc1ccc(OC)cc1)c1ccccc1)[N+](=O)[O-]. The first-order valence-electron chi connectivity index (χ1n) is 9.78. The maximum atomic E-state index is 12.3. The van der Waals surface area contributed by atoms with Crippen LogP contribution >= 0.6 is 0 Å². The normalized spacial score (nSPS) is 13.9. The number of hydrogen-bond acceptors (Lipinski definition) is 4. The van der Waals surface area contributed by atoms with Gasteiger partial charge in [-0.25, -0.2) is 0 Å². The van der Waals surface area contributed by atoms with Crippen molar-refractivity contribution in [2.24, 2.45) is 0 Å². The van der Waals surface area contributed by atoms with Crippen LogP contribution in [-0.2, 0) is 0 Å². The van der Waals surface area contributed by atoms with Gasteiger partial charge in [-0.15, -0.1) is 0 Å². The van der Waals surface area contributed by atoms with E-state index in [-0.39, 0.29) is 10.8 Å². The van der Waals surface area contributed by atoms with Crippen molar-refractivity contribution >= 4 is 5.69 Å². The zero-order valence-corrected chi connectivity index (χ0v) is 16.7. The summed E-state index contributed by atoms with van der Waals surface area (Å²) in [7, 11) is 1.61. The van der Waals surface area contributed by atoms with E-state index >= 15 is 0 Å². The third kappa shape index (κ3) is 4.93. The van der Waals surface area contributed by atoms with Crippen LogP contribution in [0.25, 0.3) is 0 Å². The average molecular weight is 390 g/mol. The van der Waals surface area contributed by atoms with E-state index in [1.165, 1.54) is 0 Å². The fourth-order valence-corrected chi connectivity index (χ4v) is 3.77. The lowest BCUT2D eigenvalue weighted by molar-refractivity contribution is -0.530. The second-order valence-electron chi connectivity index (χ2n) is 6.96. The minimum Gasteiger partial charge on any atom is -0.497 e. The van der Waals surface area contributed by atoms with Gasteiger partial charge in [0.15, 0.2) is 0 Å². The van der Waals surface area contributed by atoms with Gasteiger partial charge in [-0.1, -0.05) is 67.6 Å². The Kier molecular flexibility index (Phi) is 6.85. The van der Waals surface area contributed by atoms with Gasteiger partial charge in [0.25, 0.3) is 0 Å². The van der Waals surface area contributed by atoms with Gasteiger partial charge in [0.05, 0.1) is 13.0 Å². The summed E-state index contributed by atoms with van der Waals surface area (Å²) in [5.41, 5.74) is 2.68. The summed E-state index contributed by atoms with van der Waals surface area (Å²) in [6, 6.07) is 25.5. The van der Waals surface area contributed by atoms with Gasteiger partial charge >= 0.3 is 0 Å². The lowest BCUT2D eigenvalue weighted by Crippen LogP contribution is -2.37. The second kappa shape index (κ2) is 9.73. The van der Waals surface area contributed by atoms with Gasteiger partial charge in [-0.05, 0) is 41.8 Å². The molecule has 29 heavy (non-hydrogen) atoms. The van der Waals surface area contributed by atoms with Crippen molar-refractivity contribution in [3.05, 3.63) is 106 Å². The first kappa shape index (κ1) is 20.4. The molecule has 0 bridgehead atoms. The van der Waals surface area contributed by atoms with Gasteiger partial charge in [0.2, 0.25) is 6.04 Å². The quantitative estimate of drug-likeness (QED) is 0.377. The van der Waals surface area contributed by atoms with E-state index in [4.69, 9.17) is 4.74 Å². The van der Waals surface area contributed by atoms with Crippen LogP contribution < -0.4 is 10.1 Å². The molecule has 1 N–H and O–H groups in total. The zero-order chi connectivity index (χ0) is 20.6. The first-order valence-corrected chi connectivity index (χ1v) is 9.78. The number of benzene rings is 3. The molecule has 0 heterocycles. The molecular weight excluding hydrogens is 364 g/mol. The van der Waals surface area contributed by atoms with Crippen LogP contribution in [0.5, 0.6) is 5.75 Å². The topological polar surface area (TPSA) is 64.4 Å². The molecule has 0 aliphatic rings. The smallest absolute Gasteiger partial charge is 0.243 e. The Bertz CT molecular complexity index is 898. The number of nitrogens with one attached hydrogen (secondary N) is 1. The van der Waals surface area contributed by atoms with E-state index < -0.39 is 12.1 Å². The number of anilines is 1. The molecule has 5 heteroatoms. The summed E-state index contributed by atoms with van der Waals surface area (Å²) in [5, 5.41) is 15.7. The fourth-order valence-electron chi connectivity index (χ4n) is 3.77. The maximum absolute atomic E-state index is 12.3. The van der Waals surface area contributed by atoms with Gasteiger partial charge in [-0.2, -0.15) is 0 Å².